The van der Waals surface area contributed by atoms with Crippen molar-refractivity contribution < 1.29 is 9.90 Å². The summed E-state index contributed by atoms with van der Waals surface area (Å²) in [5.41, 5.74) is 2.44. The predicted octanol–water partition coefficient (Wildman–Crippen LogP) is 2.56. The minimum Gasteiger partial charge on any atom is -0.396 e. The number of nitrogens with zero attached hydrogens (tertiary/aromatic N) is 2. The lowest BCUT2D eigenvalue weighted by molar-refractivity contribution is -0.128. The van der Waals surface area contributed by atoms with Gasteiger partial charge in [0, 0.05) is 42.4 Å². The SMILES string of the molecule is CN1[C@@H]2c3ccc(-c4ccccc4)c(=O)n3C[C@H]1[C@H](CO)[C@H]2C(=O)NC1CCCCC1. The molecule has 3 aliphatic rings. The van der Waals surface area contributed by atoms with Gasteiger partial charge in [0.15, 0.2) is 0 Å². The Labute approximate surface area is 182 Å². The molecule has 3 heterocycles. The van der Waals surface area contributed by atoms with Crippen molar-refractivity contribution in [3.8, 4) is 11.1 Å². The van der Waals surface area contributed by atoms with Gasteiger partial charge >= 0.3 is 0 Å². The topological polar surface area (TPSA) is 74.6 Å². The van der Waals surface area contributed by atoms with E-state index in [4.69, 9.17) is 0 Å². The van der Waals surface area contributed by atoms with Gasteiger partial charge < -0.3 is 15.0 Å². The van der Waals surface area contributed by atoms with Crippen molar-refractivity contribution in [2.75, 3.05) is 13.7 Å². The summed E-state index contributed by atoms with van der Waals surface area (Å²) < 4.78 is 1.84. The first-order valence-corrected chi connectivity index (χ1v) is 11.5. The van der Waals surface area contributed by atoms with Gasteiger partial charge in [-0.15, -0.1) is 0 Å². The number of hydrogen-bond acceptors (Lipinski definition) is 4. The van der Waals surface area contributed by atoms with Crippen molar-refractivity contribution in [1.29, 1.82) is 0 Å². The van der Waals surface area contributed by atoms with Gasteiger partial charge in [-0.25, -0.2) is 0 Å². The van der Waals surface area contributed by atoms with Gasteiger partial charge in [-0.05, 0) is 37.6 Å². The summed E-state index contributed by atoms with van der Waals surface area (Å²) in [7, 11) is 2.02. The van der Waals surface area contributed by atoms with Crippen LogP contribution in [-0.2, 0) is 11.3 Å². The van der Waals surface area contributed by atoms with Gasteiger partial charge in [0.25, 0.3) is 5.56 Å². The third-order valence-electron chi connectivity index (χ3n) is 7.69. The number of carbonyl (C=O) groups excluding carboxylic acids is 1. The summed E-state index contributed by atoms with van der Waals surface area (Å²) in [5.74, 6) is -0.506. The second kappa shape index (κ2) is 8.24. The maximum atomic E-state index is 13.4. The Hall–Kier alpha value is -2.44. The van der Waals surface area contributed by atoms with Gasteiger partial charge in [0.1, 0.15) is 0 Å². The fraction of sp³-hybridized carbons (Fsp3) is 0.520. The fourth-order valence-electron chi connectivity index (χ4n) is 6.07. The zero-order chi connectivity index (χ0) is 21.5. The third kappa shape index (κ3) is 3.42. The van der Waals surface area contributed by atoms with E-state index in [2.05, 4.69) is 10.2 Å². The molecule has 0 radical (unpaired) electrons. The van der Waals surface area contributed by atoms with Crippen LogP contribution in [0.1, 0.15) is 43.8 Å². The molecule has 5 rings (SSSR count). The Balaban J connectivity index is 1.51. The number of likely N-dealkylation sites (N-methyl/N-ethyl adjacent to an activating group) is 1. The van der Waals surface area contributed by atoms with E-state index in [9.17, 15) is 14.7 Å². The molecule has 6 nitrogen and oxygen atoms in total. The first kappa shape index (κ1) is 20.5. The molecule has 4 atom stereocenters. The number of aliphatic hydroxyl groups is 1. The highest BCUT2D eigenvalue weighted by molar-refractivity contribution is 5.81. The minimum absolute atomic E-state index is 0.0168. The highest BCUT2D eigenvalue weighted by Crippen LogP contribution is 2.47. The molecule has 1 saturated heterocycles. The minimum atomic E-state index is -0.349. The number of hydrogen-bond donors (Lipinski definition) is 2. The highest BCUT2D eigenvalue weighted by atomic mass is 16.3. The van der Waals surface area contributed by atoms with Crippen LogP contribution in [0.3, 0.4) is 0 Å². The lowest BCUT2D eigenvalue weighted by Crippen LogP contribution is -2.45. The van der Waals surface area contributed by atoms with Crippen LogP contribution in [0, 0.1) is 11.8 Å². The van der Waals surface area contributed by atoms with Crippen LogP contribution >= 0.6 is 0 Å². The third-order valence-corrected chi connectivity index (χ3v) is 7.69. The van der Waals surface area contributed by atoms with Crippen LogP contribution in [0.4, 0.5) is 0 Å². The number of rotatable bonds is 4. The lowest BCUT2D eigenvalue weighted by Gasteiger charge is -2.35. The van der Waals surface area contributed by atoms with E-state index < -0.39 is 0 Å². The van der Waals surface area contributed by atoms with Crippen LogP contribution in [-0.4, -0.2) is 46.2 Å². The molecule has 1 aliphatic carbocycles. The number of pyridine rings is 1. The number of aliphatic hydroxyl groups excluding tert-OH is 1. The van der Waals surface area contributed by atoms with Crippen molar-refractivity contribution >= 4 is 5.91 Å². The summed E-state index contributed by atoms with van der Waals surface area (Å²) in [6.07, 6.45) is 5.62. The molecule has 2 N–H and O–H groups in total. The number of aromatic nitrogens is 1. The number of amides is 1. The molecule has 2 bridgehead atoms. The van der Waals surface area contributed by atoms with Crippen LogP contribution in [0.25, 0.3) is 11.1 Å². The van der Waals surface area contributed by atoms with Gasteiger partial charge in [-0.2, -0.15) is 0 Å². The monoisotopic (exact) mass is 421 g/mol. The van der Waals surface area contributed by atoms with E-state index in [-0.39, 0.29) is 48.0 Å². The zero-order valence-corrected chi connectivity index (χ0v) is 18.0. The van der Waals surface area contributed by atoms with Gasteiger partial charge in [-0.1, -0.05) is 49.6 Å². The second-order valence-electron chi connectivity index (χ2n) is 9.35. The second-order valence-corrected chi connectivity index (χ2v) is 9.35. The van der Waals surface area contributed by atoms with E-state index in [0.717, 1.165) is 36.9 Å². The molecule has 1 saturated carbocycles. The number of nitrogens with one attached hydrogen (secondary N) is 1. The molecule has 2 aromatic rings. The first-order valence-electron chi connectivity index (χ1n) is 11.5. The quantitative estimate of drug-likeness (QED) is 0.796. The Bertz CT molecular complexity index is 1010. The maximum absolute atomic E-state index is 13.4. The molecule has 1 amide bonds. The van der Waals surface area contributed by atoms with E-state index >= 15 is 0 Å². The molecular weight excluding hydrogens is 390 g/mol. The highest BCUT2D eigenvalue weighted by Gasteiger charge is 2.54. The average molecular weight is 422 g/mol. The first-order chi connectivity index (χ1) is 15.1. The maximum Gasteiger partial charge on any atom is 0.258 e. The van der Waals surface area contributed by atoms with Crippen LogP contribution in [0.15, 0.2) is 47.3 Å². The number of carbonyl (C=O) groups is 1. The van der Waals surface area contributed by atoms with Crippen LogP contribution in [0.2, 0.25) is 0 Å². The molecule has 1 aromatic heterocycles. The Kier molecular flexibility index (Phi) is 5.44. The molecule has 2 aliphatic heterocycles. The molecule has 6 heteroatoms. The lowest BCUT2D eigenvalue weighted by atomic mass is 9.85. The molecule has 1 aromatic carbocycles. The van der Waals surface area contributed by atoms with Crippen molar-refractivity contribution in [1.82, 2.24) is 14.8 Å². The summed E-state index contributed by atoms with van der Waals surface area (Å²) in [5, 5.41) is 13.5. The standard InChI is InChI=1S/C25H31N3O3/c1-27-21-14-28-20(13-12-18(25(28)31)16-8-4-2-5-9-16)23(27)22(19(21)15-29)24(30)26-17-10-6-3-7-11-17/h2,4-5,8-9,12-13,17,19,21-23,29H,3,6-7,10-11,14-15H2,1H3,(H,26,30)/t19-,21-,22+,23+/m0/s1. The molecule has 2 fully saturated rings. The molecule has 31 heavy (non-hydrogen) atoms. The van der Waals surface area contributed by atoms with E-state index in [0.29, 0.717) is 12.1 Å². The predicted molar refractivity (Wildman–Crippen MR) is 120 cm³/mol. The summed E-state index contributed by atoms with van der Waals surface area (Å²) >= 11 is 0. The zero-order valence-electron chi connectivity index (χ0n) is 18.0. The van der Waals surface area contributed by atoms with Gasteiger partial charge in [-0.3, -0.25) is 14.5 Å². The number of fused-ring (bicyclic) bond motifs is 4. The Morgan fingerprint density at radius 3 is 2.55 bits per heavy atom. The van der Waals surface area contributed by atoms with Gasteiger partial charge in [0.05, 0.1) is 12.0 Å². The van der Waals surface area contributed by atoms with Crippen LogP contribution < -0.4 is 10.9 Å². The normalized spacial score (nSPS) is 28.3. The van der Waals surface area contributed by atoms with Crippen molar-refractivity contribution in [3.63, 3.8) is 0 Å². The average Bonchev–Trinajstić information content (AvgIpc) is 2.97. The van der Waals surface area contributed by atoms with Gasteiger partial charge in [0.2, 0.25) is 5.91 Å². The molecule has 0 spiro atoms. The van der Waals surface area contributed by atoms with Crippen molar-refractivity contribution in [2.24, 2.45) is 11.8 Å². The summed E-state index contributed by atoms with van der Waals surface area (Å²) in [6, 6.07) is 13.6. The van der Waals surface area contributed by atoms with E-state index in [1.54, 1.807) is 0 Å². The molecular formula is C25H31N3O3. The van der Waals surface area contributed by atoms with E-state index in [1.807, 2.05) is 54.1 Å². The Morgan fingerprint density at radius 1 is 1.10 bits per heavy atom. The molecule has 0 unspecified atom stereocenters. The Morgan fingerprint density at radius 2 is 1.84 bits per heavy atom. The van der Waals surface area contributed by atoms with Crippen molar-refractivity contribution in [3.05, 3.63) is 58.5 Å². The summed E-state index contributed by atoms with van der Waals surface area (Å²) in [4.78, 5) is 29.0. The smallest absolute Gasteiger partial charge is 0.258 e. The number of benzene rings is 1. The van der Waals surface area contributed by atoms with Crippen LogP contribution in [0.5, 0.6) is 0 Å². The van der Waals surface area contributed by atoms with E-state index in [1.165, 1.54) is 6.42 Å². The largest absolute Gasteiger partial charge is 0.396 e. The van der Waals surface area contributed by atoms with Crippen molar-refractivity contribution in [2.45, 2.75) is 56.8 Å². The summed E-state index contributed by atoms with van der Waals surface area (Å²) in [6.45, 7) is 0.447. The fourth-order valence-corrected chi connectivity index (χ4v) is 6.07. The molecule has 164 valence electrons.